The van der Waals surface area contributed by atoms with Crippen LogP contribution in [0.2, 0.25) is 0 Å². The van der Waals surface area contributed by atoms with Crippen LogP contribution in [0.15, 0.2) is 0 Å². The molecular weight excluding hydrogens is 224 g/mol. The van der Waals surface area contributed by atoms with Crippen molar-refractivity contribution >= 4 is 12.0 Å². The van der Waals surface area contributed by atoms with E-state index >= 15 is 0 Å². The molecule has 1 aliphatic rings. The van der Waals surface area contributed by atoms with Gasteiger partial charge in [-0.05, 0) is 18.3 Å². The van der Waals surface area contributed by atoms with E-state index in [4.69, 9.17) is 10.2 Å². The molecule has 6 heteroatoms. The highest BCUT2D eigenvalue weighted by Crippen LogP contribution is 2.23. The maximum atomic E-state index is 11.7. The highest BCUT2D eigenvalue weighted by Gasteiger charge is 2.30. The fourth-order valence-electron chi connectivity index (χ4n) is 1.94. The second-order valence-electron chi connectivity index (χ2n) is 4.76. The van der Waals surface area contributed by atoms with Gasteiger partial charge in [-0.3, -0.25) is 0 Å². The van der Waals surface area contributed by atoms with E-state index in [0.717, 1.165) is 6.42 Å². The summed E-state index contributed by atoms with van der Waals surface area (Å²) in [6.07, 6.45) is 0.946. The van der Waals surface area contributed by atoms with Crippen LogP contribution in [0.3, 0.4) is 0 Å². The summed E-state index contributed by atoms with van der Waals surface area (Å²) in [7, 11) is 0. The first-order valence-electron chi connectivity index (χ1n) is 5.84. The molecule has 1 saturated heterocycles. The number of aliphatic hydroxyl groups is 1. The predicted molar refractivity (Wildman–Crippen MR) is 61.6 cm³/mol. The number of nitrogens with zero attached hydrogens (tertiary/aromatic N) is 1. The van der Waals surface area contributed by atoms with E-state index in [0.29, 0.717) is 24.9 Å². The largest absolute Gasteiger partial charge is 0.480 e. The summed E-state index contributed by atoms with van der Waals surface area (Å²) in [6, 6.07) is -1.63. The lowest BCUT2D eigenvalue weighted by atomic mass is 9.95. The molecule has 0 radical (unpaired) electrons. The van der Waals surface area contributed by atoms with Crippen LogP contribution in [-0.4, -0.2) is 52.9 Å². The molecule has 17 heavy (non-hydrogen) atoms. The zero-order chi connectivity index (χ0) is 13.0. The number of aliphatic hydroxyl groups excluding tert-OH is 1. The normalized spacial score (nSPS) is 21.6. The van der Waals surface area contributed by atoms with Gasteiger partial charge in [-0.15, -0.1) is 0 Å². The fourth-order valence-corrected chi connectivity index (χ4v) is 1.94. The van der Waals surface area contributed by atoms with Crippen LogP contribution in [0.4, 0.5) is 4.79 Å². The minimum atomic E-state index is -1.22. The summed E-state index contributed by atoms with van der Waals surface area (Å²) < 4.78 is 0. The number of amides is 2. The van der Waals surface area contributed by atoms with Crippen LogP contribution >= 0.6 is 0 Å². The molecule has 0 aromatic carbocycles. The molecule has 0 spiro atoms. The van der Waals surface area contributed by atoms with Gasteiger partial charge in [0.05, 0.1) is 6.61 Å². The average molecular weight is 244 g/mol. The van der Waals surface area contributed by atoms with Crippen molar-refractivity contribution in [2.75, 3.05) is 19.7 Å². The SMILES string of the molecule is CC(C)C1CCN(C(=O)N[C@H](CO)C(=O)O)C1. The summed E-state index contributed by atoms with van der Waals surface area (Å²) in [4.78, 5) is 24.0. The van der Waals surface area contributed by atoms with E-state index < -0.39 is 24.6 Å². The lowest BCUT2D eigenvalue weighted by Gasteiger charge is -2.20. The van der Waals surface area contributed by atoms with Crippen molar-refractivity contribution in [1.29, 1.82) is 0 Å². The minimum Gasteiger partial charge on any atom is -0.480 e. The Morgan fingerprint density at radius 2 is 2.12 bits per heavy atom. The van der Waals surface area contributed by atoms with E-state index in [1.54, 1.807) is 4.90 Å². The van der Waals surface area contributed by atoms with Gasteiger partial charge in [0.15, 0.2) is 6.04 Å². The van der Waals surface area contributed by atoms with Crippen LogP contribution in [-0.2, 0) is 4.79 Å². The molecule has 0 aliphatic carbocycles. The molecule has 98 valence electrons. The zero-order valence-electron chi connectivity index (χ0n) is 10.2. The summed E-state index contributed by atoms with van der Waals surface area (Å²) in [6.45, 7) is 4.93. The fraction of sp³-hybridized carbons (Fsp3) is 0.818. The number of nitrogens with one attached hydrogen (secondary N) is 1. The van der Waals surface area contributed by atoms with E-state index in [-0.39, 0.29) is 0 Å². The molecule has 1 unspecified atom stereocenters. The third kappa shape index (κ3) is 3.59. The number of carbonyl (C=O) groups excluding carboxylic acids is 1. The molecule has 1 heterocycles. The third-order valence-electron chi connectivity index (χ3n) is 3.23. The molecule has 2 amide bonds. The van der Waals surface area contributed by atoms with Crippen molar-refractivity contribution in [2.24, 2.45) is 11.8 Å². The van der Waals surface area contributed by atoms with Crippen molar-refractivity contribution in [3.05, 3.63) is 0 Å². The molecule has 6 nitrogen and oxygen atoms in total. The van der Waals surface area contributed by atoms with Gasteiger partial charge in [0.1, 0.15) is 0 Å². The molecule has 1 rings (SSSR count). The molecule has 0 aromatic rings. The number of likely N-dealkylation sites (tertiary alicyclic amines) is 1. The Balaban J connectivity index is 2.47. The first-order valence-corrected chi connectivity index (χ1v) is 5.84. The molecule has 1 fully saturated rings. The number of rotatable bonds is 4. The number of carbonyl (C=O) groups is 2. The van der Waals surface area contributed by atoms with Crippen molar-refractivity contribution < 1.29 is 19.8 Å². The maximum absolute atomic E-state index is 11.7. The van der Waals surface area contributed by atoms with Gasteiger partial charge in [0.25, 0.3) is 0 Å². The first-order chi connectivity index (χ1) is 7.95. The topological polar surface area (TPSA) is 89.9 Å². The molecule has 3 N–H and O–H groups in total. The van der Waals surface area contributed by atoms with Crippen molar-refractivity contribution in [3.63, 3.8) is 0 Å². The number of carboxylic acid groups (broad SMARTS) is 1. The number of hydrogen-bond acceptors (Lipinski definition) is 3. The quantitative estimate of drug-likeness (QED) is 0.655. The summed E-state index contributed by atoms with van der Waals surface area (Å²) in [5.74, 6) is -0.237. The maximum Gasteiger partial charge on any atom is 0.328 e. The van der Waals surface area contributed by atoms with E-state index in [2.05, 4.69) is 19.2 Å². The Labute approximate surface area is 101 Å². The average Bonchev–Trinajstić information content (AvgIpc) is 2.74. The van der Waals surface area contributed by atoms with Crippen LogP contribution in [0.5, 0.6) is 0 Å². The summed E-state index contributed by atoms with van der Waals surface area (Å²) in [5, 5.41) is 19.8. The summed E-state index contributed by atoms with van der Waals surface area (Å²) >= 11 is 0. The Bertz CT molecular complexity index is 293. The highest BCUT2D eigenvalue weighted by atomic mass is 16.4. The van der Waals surface area contributed by atoms with Crippen molar-refractivity contribution in [2.45, 2.75) is 26.3 Å². The van der Waals surface area contributed by atoms with E-state index in [1.807, 2.05) is 0 Å². The second kappa shape index (κ2) is 5.86. The molecule has 1 aliphatic heterocycles. The Morgan fingerprint density at radius 3 is 2.53 bits per heavy atom. The van der Waals surface area contributed by atoms with E-state index in [9.17, 15) is 9.59 Å². The van der Waals surface area contributed by atoms with E-state index in [1.165, 1.54) is 0 Å². The van der Waals surface area contributed by atoms with Gasteiger partial charge in [0.2, 0.25) is 0 Å². The minimum absolute atomic E-state index is 0.408. The number of carboxylic acids is 1. The molecule has 2 atom stereocenters. The molecule has 0 bridgehead atoms. The number of hydrogen-bond donors (Lipinski definition) is 3. The first kappa shape index (κ1) is 13.8. The van der Waals surface area contributed by atoms with Crippen LogP contribution in [0.1, 0.15) is 20.3 Å². The predicted octanol–water partition coefficient (Wildman–Crippen LogP) is 0.119. The standard InChI is InChI=1S/C11H20N2O4/c1-7(2)8-3-4-13(5-8)11(17)12-9(6-14)10(15)16/h7-9,14H,3-6H2,1-2H3,(H,12,17)(H,15,16)/t8?,9-/m1/s1. The highest BCUT2D eigenvalue weighted by molar-refractivity contribution is 5.82. The van der Waals surface area contributed by atoms with Crippen molar-refractivity contribution in [1.82, 2.24) is 10.2 Å². The zero-order valence-corrected chi connectivity index (χ0v) is 10.2. The lowest BCUT2D eigenvalue weighted by molar-refractivity contribution is -0.140. The second-order valence-corrected chi connectivity index (χ2v) is 4.76. The van der Waals surface area contributed by atoms with Gasteiger partial charge >= 0.3 is 12.0 Å². The van der Waals surface area contributed by atoms with Gasteiger partial charge in [-0.2, -0.15) is 0 Å². The van der Waals surface area contributed by atoms with Crippen LogP contribution in [0.25, 0.3) is 0 Å². The Morgan fingerprint density at radius 1 is 1.47 bits per heavy atom. The Kier molecular flexibility index (Phi) is 4.74. The summed E-state index contributed by atoms with van der Waals surface area (Å²) in [5.41, 5.74) is 0. The van der Waals surface area contributed by atoms with Gasteiger partial charge in [0, 0.05) is 13.1 Å². The van der Waals surface area contributed by atoms with Crippen molar-refractivity contribution in [3.8, 4) is 0 Å². The van der Waals surface area contributed by atoms with Gasteiger partial charge in [-0.25, -0.2) is 9.59 Å². The van der Waals surface area contributed by atoms with Gasteiger partial charge < -0.3 is 20.4 Å². The van der Waals surface area contributed by atoms with Crippen LogP contribution < -0.4 is 5.32 Å². The smallest absolute Gasteiger partial charge is 0.328 e. The molecule has 0 saturated carbocycles. The third-order valence-corrected chi connectivity index (χ3v) is 3.23. The Hall–Kier alpha value is -1.30. The number of urea groups is 1. The monoisotopic (exact) mass is 244 g/mol. The van der Waals surface area contributed by atoms with Gasteiger partial charge in [-0.1, -0.05) is 13.8 Å². The lowest BCUT2D eigenvalue weighted by Crippen LogP contribution is -2.49. The van der Waals surface area contributed by atoms with Crippen LogP contribution in [0, 0.1) is 11.8 Å². The molecule has 0 aromatic heterocycles. The number of aliphatic carboxylic acids is 1. The molecular formula is C11H20N2O4.